The molecule has 1 heteroatoms. The molecule has 96 valence electrons. The van der Waals surface area contributed by atoms with E-state index in [1.807, 2.05) is 6.26 Å². The first kappa shape index (κ1) is 15.5. The average Bonchev–Trinajstić information content (AvgIpc) is 2.28. The van der Waals surface area contributed by atoms with Crippen LogP contribution in [0.2, 0.25) is 0 Å². The van der Waals surface area contributed by atoms with Gasteiger partial charge < -0.3 is 4.74 Å². The van der Waals surface area contributed by atoms with Gasteiger partial charge in [-0.2, -0.15) is 0 Å². The minimum absolute atomic E-state index is 0.771. The zero-order chi connectivity index (χ0) is 12.4. The zero-order valence-corrected chi connectivity index (χ0v) is 11.9. The molecule has 0 aromatic heterocycles. The third-order valence-electron chi connectivity index (χ3n) is 3.59. The molecule has 0 fully saturated rings. The molecule has 0 heterocycles. The van der Waals surface area contributed by atoms with Crippen molar-refractivity contribution in [3.8, 4) is 0 Å². The summed E-state index contributed by atoms with van der Waals surface area (Å²) in [6, 6.07) is 0. The average molecular weight is 226 g/mol. The van der Waals surface area contributed by atoms with E-state index >= 15 is 0 Å². The van der Waals surface area contributed by atoms with Gasteiger partial charge in [-0.1, -0.05) is 47.0 Å². The lowest BCUT2D eigenvalue weighted by molar-refractivity contribution is 0.319. The van der Waals surface area contributed by atoms with Crippen LogP contribution in [-0.4, -0.2) is 7.11 Å². The molecule has 0 radical (unpaired) electrons. The first-order chi connectivity index (χ1) is 7.65. The van der Waals surface area contributed by atoms with E-state index in [0.29, 0.717) is 0 Å². The second-order valence-electron chi connectivity index (χ2n) is 5.04. The normalized spacial score (nSPS) is 15.9. The number of ether oxygens (including phenoxy) is 1. The van der Waals surface area contributed by atoms with E-state index < -0.39 is 0 Å². The Hall–Kier alpha value is -0.460. The maximum Gasteiger partial charge on any atom is 0.0816 e. The van der Waals surface area contributed by atoms with Crippen molar-refractivity contribution in [3.05, 3.63) is 11.8 Å². The van der Waals surface area contributed by atoms with E-state index in [1.54, 1.807) is 7.11 Å². The predicted molar refractivity (Wildman–Crippen MR) is 72.5 cm³/mol. The topological polar surface area (TPSA) is 9.23 Å². The second-order valence-corrected chi connectivity index (χ2v) is 5.04. The summed E-state index contributed by atoms with van der Waals surface area (Å²) >= 11 is 0. The van der Waals surface area contributed by atoms with Crippen LogP contribution in [0, 0.1) is 11.8 Å². The largest absolute Gasteiger partial charge is 0.504 e. The third kappa shape index (κ3) is 6.92. The molecule has 0 rings (SSSR count). The Kier molecular flexibility index (Phi) is 9.46. The standard InChI is InChI=1S/C15H30O/c1-6-8-9-10-15(12-16-5)11-14(4)13(3)7-2/h12-14H,6-11H2,1-5H3/b15-12+. The Morgan fingerprint density at radius 3 is 2.31 bits per heavy atom. The number of allylic oxidation sites excluding steroid dienone is 1. The lowest BCUT2D eigenvalue weighted by atomic mass is 9.87. The molecule has 0 saturated heterocycles. The van der Waals surface area contributed by atoms with Gasteiger partial charge in [-0.3, -0.25) is 0 Å². The molecule has 0 N–H and O–H groups in total. The molecule has 16 heavy (non-hydrogen) atoms. The van der Waals surface area contributed by atoms with Gasteiger partial charge in [-0.25, -0.2) is 0 Å². The summed E-state index contributed by atoms with van der Waals surface area (Å²) in [5, 5.41) is 0. The number of hydrogen-bond acceptors (Lipinski definition) is 1. The van der Waals surface area contributed by atoms with Crippen LogP contribution in [0.5, 0.6) is 0 Å². The number of methoxy groups -OCH3 is 1. The fourth-order valence-electron chi connectivity index (χ4n) is 1.99. The lowest BCUT2D eigenvalue weighted by Crippen LogP contribution is -2.08. The second kappa shape index (κ2) is 9.74. The van der Waals surface area contributed by atoms with Crippen LogP contribution in [-0.2, 0) is 4.74 Å². The van der Waals surface area contributed by atoms with E-state index in [-0.39, 0.29) is 0 Å². The summed E-state index contributed by atoms with van der Waals surface area (Å²) in [4.78, 5) is 0. The van der Waals surface area contributed by atoms with Crippen LogP contribution in [0.25, 0.3) is 0 Å². The molecular weight excluding hydrogens is 196 g/mol. The Morgan fingerprint density at radius 2 is 1.81 bits per heavy atom. The molecule has 2 atom stereocenters. The van der Waals surface area contributed by atoms with Crippen LogP contribution in [0.4, 0.5) is 0 Å². The molecule has 0 amide bonds. The van der Waals surface area contributed by atoms with Gasteiger partial charge in [0.25, 0.3) is 0 Å². The van der Waals surface area contributed by atoms with E-state index in [9.17, 15) is 0 Å². The van der Waals surface area contributed by atoms with E-state index in [2.05, 4.69) is 27.7 Å². The minimum Gasteiger partial charge on any atom is -0.504 e. The number of rotatable bonds is 9. The van der Waals surface area contributed by atoms with Gasteiger partial charge in [0.05, 0.1) is 13.4 Å². The minimum atomic E-state index is 0.771. The van der Waals surface area contributed by atoms with E-state index in [0.717, 1.165) is 11.8 Å². The van der Waals surface area contributed by atoms with Crippen molar-refractivity contribution in [1.82, 2.24) is 0 Å². The van der Waals surface area contributed by atoms with Gasteiger partial charge in [0, 0.05) is 0 Å². The molecule has 0 bridgehead atoms. The quantitative estimate of drug-likeness (QED) is 0.389. The van der Waals surface area contributed by atoms with Crippen molar-refractivity contribution in [1.29, 1.82) is 0 Å². The van der Waals surface area contributed by atoms with Crippen LogP contribution >= 0.6 is 0 Å². The summed E-state index contributed by atoms with van der Waals surface area (Å²) in [5.41, 5.74) is 1.49. The molecule has 0 aliphatic heterocycles. The highest BCUT2D eigenvalue weighted by atomic mass is 16.5. The van der Waals surface area contributed by atoms with Crippen molar-refractivity contribution < 1.29 is 4.74 Å². The lowest BCUT2D eigenvalue weighted by Gasteiger charge is -2.19. The van der Waals surface area contributed by atoms with Gasteiger partial charge in [0.1, 0.15) is 0 Å². The molecule has 1 nitrogen and oxygen atoms in total. The van der Waals surface area contributed by atoms with Crippen molar-refractivity contribution in [2.75, 3.05) is 7.11 Å². The summed E-state index contributed by atoms with van der Waals surface area (Å²) in [6.07, 6.45) is 9.58. The highest BCUT2D eigenvalue weighted by molar-refractivity contribution is 4.99. The fraction of sp³-hybridized carbons (Fsp3) is 0.867. The molecular formula is C15H30O. The predicted octanol–water partition coefficient (Wildman–Crippen LogP) is 5.17. The van der Waals surface area contributed by atoms with Crippen molar-refractivity contribution in [2.45, 2.75) is 66.2 Å². The molecule has 0 saturated carbocycles. The number of unbranched alkanes of at least 4 members (excludes halogenated alkanes) is 2. The van der Waals surface area contributed by atoms with Crippen molar-refractivity contribution in [3.63, 3.8) is 0 Å². The summed E-state index contributed by atoms with van der Waals surface area (Å²) in [7, 11) is 1.76. The maximum absolute atomic E-state index is 5.19. The van der Waals surface area contributed by atoms with E-state index in [4.69, 9.17) is 4.74 Å². The van der Waals surface area contributed by atoms with Crippen LogP contribution in [0.1, 0.15) is 66.2 Å². The Balaban J connectivity index is 4.07. The monoisotopic (exact) mass is 226 g/mol. The molecule has 0 aliphatic carbocycles. The molecule has 2 unspecified atom stereocenters. The SMILES string of the molecule is CCCCC/C(=C\OC)CC(C)C(C)CC. The van der Waals surface area contributed by atoms with Gasteiger partial charge in [0.2, 0.25) is 0 Å². The first-order valence-electron chi connectivity index (χ1n) is 6.86. The molecule has 0 aromatic rings. The summed E-state index contributed by atoms with van der Waals surface area (Å²) in [5.74, 6) is 1.58. The zero-order valence-electron chi connectivity index (χ0n) is 11.9. The fourth-order valence-corrected chi connectivity index (χ4v) is 1.99. The Morgan fingerprint density at radius 1 is 1.12 bits per heavy atom. The maximum atomic E-state index is 5.19. The first-order valence-corrected chi connectivity index (χ1v) is 6.86. The molecule has 0 spiro atoms. The Labute approximate surface area is 102 Å². The molecule has 0 aromatic carbocycles. The van der Waals surface area contributed by atoms with Gasteiger partial charge in [-0.15, -0.1) is 0 Å². The van der Waals surface area contributed by atoms with Gasteiger partial charge >= 0.3 is 0 Å². The van der Waals surface area contributed by atoms with Crippen molar-refractivity contribution >= 4 is 0 Å². The smallest absolute Gasteiger partial charge is 0.0816 e. The van der Waals surface area contributed by atoms with Crippen LogP contribution in [0.15, 0.2) is 11.8 Å². The van der Waals surface area contributed by atoms with Gasteiger partial charge in [-0.05, 0) is 36.7 Å². The van der Waals surface area contributed by atoms with E-state index in [1.165, 1.54) is 44.1 Å². The van der Waals surface area contributed by atoms with Crippen LogP contribution < -0.4 is 0 Å². The van der Waals surface area contributed by atoms with Gasteiger partial charge in [0.15, 0.2) is 0 Å². The summed E-state index contributed by atoms with van der Waals surface area (Å²) in [6.45, 7) is 9.23. The molecule has 0 aliphatic rings. The summed E-state index contributed by atoms with van der Waals surface area (Å²) < 4.78 is 5.19. The Bertz CT molecular complexity index is 184. The third-order valence-corrected chi connectivity index (χ3v) is 3.59. The van der Waals surface area contributed by atoms with Crippen LogP contribution in [0.3, 0.4) is 0 Å². The highest BCUT2D eigenvalue weighted by Gasteiger charge is 2.12. The highest BCUT2D eigenvalue weighted by Crippen LogP contribution is 2.25. The van der Waals surface area contributed by atoms with Crippen molar-refractivity contribution in [2.24, 2.45) is 11.8 Å². The number of hydrogen-bond donors (Lipinski definition) is 0.